The monoisotopic (exact) mass is 290 g/mol. The van der Waals surface area contributed by atoms with E-state index in [-0.39, 0.29) is 0 Å². The van der Waals surface area contributed by atoms with E-state index in [2.05, 4.69) is 11.0 Å². The number of fused-ring (bicyclic) bond motifs is 2. The molecule has 4 heteroatoms. The summed E-state index contributed by atoms with van der Waals surface area (Å²) in [5, 5.41) is 19.9. The van der Waals surface area contributed by atoms with E-state index in [1.54, 1.807) is 6.07 Å². The third-order valence-corrected chi connectivity index (χ3v) is 5.21. The van der Waals surface area contributed by atoms with Gasteiger partial charge in [0.25, 0.3) is 0 Å². The van der Waals surface area contributed by atoms with Crippen LogP contribution < -0.4 is 4.90 Å². The highest BCUT2D eigenvalue weighted by atomic mass is 35.5. The van der Waals surface area contributed by atoms with Crippen LogP contribution in [0, 0.1) is 18.3 Å². The molecule has 2 aliphatic rings. The Morgan fingerprint density at radius 2 is 1.95 bits per heavy atom. The summed E-state index contributed by atoms with van der Waals surface area (Å²) in [5.41, 5.74) is 2.08. The van der Waals surface area contributed by atoms with Gasteiger partial charge in [-0.2, -0.15) is 5.26 Å². The van der Waals surface area contributed by atoms with Crippen molar-refractivity contribution < 1.29 is 5.11 Å². The first-order valence-corrected chi connectivity index (χ1v) is 7.50. The summed E-state index contributed by atoms with van der Waals surface area (Å²) in [4.78, 5) is 2.42. The highest BCUT2D eigenvalue weighted by Gasteiger charge is 2.45. The fourth-order valence-corrected chi connectivity index (χ4v) is 4.10. The van der Waals surface area contributed by atoms with Crippen molar-refractivity contribution in [2.24, 2.45) is 0 Å². The summed E-state index contributed by atoms with van der Waals surface area (Å²) < 4.78 is 0. The SMILES string of the molecule is Cc1c(N2[C@@H]3CC[C@@H]2CC(C)(O)C3)ccc(C#N)c1Cl. The van der Waals surface area contributed by atoms with Gasteiger partial charge >= 0.3 is 0 Å². The second-order valence-electron chi connectivity index (χ2n) is 6.38. The van der Waals surface area contributed by atoms with Gasteiger partial charge < -0.3 is 10.0 Å². The average molecular weight is 291 g/mol. The molecule has 0 radical (unpaired) electrons. The molecule has 0 aromatic heterocycles. The molecule has 106 valence electrons. The van der Waals surface area contributed by atoms with E-state index in [4.69, 9.17) is 16.9 Å². The second kappa shape index (κ2) is 4.65. The molecule has 2 aliphatic heterocycles. The molecule has 20 heavy (non-hydrogen) atoms. The van der Waals surface area contributed by atoms with E-state index < -0.39 is 5.60 Å². The molecule has 2 saturated heterocycles. The molecule has 2 bridgehead atoms. The molecule has 0 amide bonds. The van der Waals surface area contributed by atoms with Gasteiger partial charge in [-0.15, -0.1) is 0 Å². The maximum Gasteiger partial charge on any atom is 0.101 e. The Hall–Kier alpha value is -1.24. The minimum Gasteiger partial charge on any atom is -0.390 e. The van der Waals surface area contributed by atoms with E-state index in [1.165, 1.54) is 0 Å². The van der Waals surface area contributed by atoms with Crippen LogP contribution in [-0.2, 0) is 0 Å². The zero-order chi connectivity index (χ0) is 14.5. The summed E-state index contributed by atoms with van der Waals surface area (Å²) in [6, 6.07) is 6.70. The topological polar surface area (TPSA) is 47.3 Å². The quantitative estimate of drug-likeness (QED) is 0.862. The maximum absolute atomic E-state index is 10.3. The van der Waals surface area contributed by atoms with E-state index >= 15 is 0 Å². The lowest BCUT2D eigenvalue weighted by molar-refractivity contribution is 0.0199. The highest BCUT2D eigenvalue weighted by molar-refractivity contribution is 6.32. The van der Waals surface area contributed by atoms with Crippen molar-refractivity contribution in [1.29, 1.82) is 5.26 Å². The lowest BCUT2D eigenvalue weighted by atomic mass is 9.87. The molecule has 0 saturated carbocycles. The molecule has 0 aliphatic carbocycles. The first-order valence-electron chi connectivity index (χ1n) is 7.13. The van der Waals surface area contributed by atoms with Crippen LogP contribution in [0.5, 0.6) is 0 Å². The van der Waals surface area contributed by atoms with Gasteiger partial charge in [-0.05, 0) is 57.2 Å². The molecule has 3 nitrogen and oxygen atoms in total. The molecule has 0 spiro atoms. The van der Waals surface area contributed by atoms with Crippen LogP contribution in [0.25, 0.3) is 0 Å². The smallest absolute Gasteiger partial charge is 0.101 e. The fraction of sp³-hybridized carbons (Fsp3) is 0.562. The number of rotatable bonds is 1. The number of hydrogen-bond acceptors (Lipinski definition) is 3. The van der Waals surface area contributed by atoms with Crippen molar-refractivity contribution in [2.75, 3.05) is 4.90 Å². The van der Waals surface area contributed by atoms with Crippen LogP contribution >= 0.6 is 11.6 Å². The van der Waals surface area contributed by atoms with Crippen LogP contribution in [0.15, 0.2) is 12.1 Å². The van der Waals surface area contributed by atoms with Crippen molar-refractivity contribution >= 4 is 17.3 Å². The van der Waals surface area contributed by atoms with Crippen LogP contribution in [0.3, 0.4) is 0 Å². The molecule has 2 fully saturated rings. The Labute approximate surface area is 124 Å². The summed E-state index contributed by atoms with van der Waals surface area (Å²) in [6.45, 7) is 3.92. The van der Waals surface area contributed by atoms with Gasteiger partial charge in [0.2, 0.25) is 0 Å². The normalized spacial score (nSPS) is 32.2. The number of nitrogens with zero attached hydrogens (tertiary/aromatic N) is 2. The lowest BCUT2D eigenvalue weighted by Gasteiger charge is -2.44. The highest BCUT2D eigenvalue weighted by Crippen LogP contribution is 2.45. The van der Waals surface area contributed by atoms with Crippen molar-refractivity contribution in [2.45, 2.75) is 57.2 Å². The number of aliphatic hydroxyl groups is 1. The van der Waals surface area contributed by atoms with E-state index in [0.717, 1.165) is 36.9 Å². The van der Waals surface area contributed by atoms with Gasteiger partial charge in [0.1, 0.15) is 6.07 Å². The molecular formula is C16H19ClN2O. The molecule has 1 N–H and O–H groups in total. The van der Waals surface area contributed by atoms with E-state index in [0.29, 0.717) is 22.7 Å². The Kier molecular flexibility index (Phi) is 3.19. The first kappa shape index (κ1) is 13.7. The van der Waals surface area contributed by atoms with Crippen LogP contribution in [0.1, 0.15) is 43.7 Å². The molecule has 3 rings (SSSR count). The first-order chi connectivity index (χ1) is 9.43. The Morgan fingerprint density at radius 3 is 2.50 bits per heavy atom. The second-order valence-corrected chi connectivity index (χ2v) is 6.76. The Balaban J connectivity index is 2.00. The van der Waals surface area contributed by atoms with E-state index in [9.17, 15) is 5.11 Å². The van der Waals surface area contributed by atoms with E-state index in [1.807, 2.05) is 19.9 Å². The standard InChI is InChI=1S/C16H19ClN2O/c1-10-14(6-3-11(9-18)15(10)17)19-12-4-5-13(19)8-16(2,20)7-12/h3,6,12-13,20H,4-5,7-8H2,1-2H3/t12-,13-/m1/s1. The molecule has 0 unspecified atom stereocenters. The zero-order valence-corrected chi connectivity index (χ0v) is 12.6. The lowest BCUT2D eigenvalue weighted by Crippen LogP contribution is -2.50. The van der Waals surface area contributed by atoms with Gasteiger partial charge in [0, 0.05) is 17.8 Å². The number of nitriles is 1. The van der Waals surface area contributed by atoms with Gasteiger partial charge in [-0.25, -0.2) is 0 Å². The average Bonchev–Trinajstić information content (AvgIpc) is 2.66. The zero-order valence-electron chi connectivity index (χ0n) is 11.9. The third kappa shape index (κ3) is 2.08. The predicted octanol–water partition coefficient (Wildman–Crippen LogP) is 3.40. The van der Waals surface area contributed by atoms with Gasteiger partial charge in [-0.1, -0.05) is 11.6 Å². The number of halogens is 1. The van der Waals surface area contributed by atoms with Crippen molar-refractivity contribution in [3.8, 4) is 6.07 Å². The number of hydrogen-bond donors (Lipinski definition) is 1. The van der Waals surface area contributed by atoms with Crippen LogP contribution in [0.2, 0.25) is 5.02 Å². The summed E-state index contributed by atoms with van der Waals surface area (Å²) in [6.07, 6.45) is 3.86. The Bertz CT molecular complexity index is 575. The number of anilines is 1. The Morgan fingerprint density at radius 1 is 1.35 bits per heavy atom. The third-order valence-electron chi connectivity index (χ3n) is 4.73. The summed E-state index contributed by atoms with van der Waals surface area (Å²) in [7, 11) is 0. The maximum atomic E-state index is 10.3. The fourth-order valence-electron chi connectivity index (χ4n) is 3.89. The molecule has 1 aromatic carbocycles. The summed E-state index contributed by atoms with van der Waals surface area (Å²) in [5.74, 6) is 0. The molecule has 2 atom stereocenters. The van der Waals surface area contributed by atoms with Crippen LogP contribution in [-0.4, -0.2) is 22.8 Å². The van der Waals surface area contributed by atoms with Crippen molar-refractivity contribution in [3.05, 3.63) is 28.3 Å². The minimum atomic E-state index is -0.549. The molecule has 1 aromatic rings. The van der Waals surface area contributed by atoms with Gasteiger partial charge in [0.05, 0.1) is 16.2 Å². The van der Waals surface area contributed by atoms with Gasteiger partial charge in [-0.3, -0.25) is 0 Å². The summed E-state index contributed by atoms with van der Waals surface area (Å²) >= 11 is 6.29. The minimum absolute atomic E-state index is 0.381. The van der Waals surface area contributed by atoms with Crippen LogP contribution in [0.4, 0.5) is 5.69 Å². The van der Waals surface area contributed by atoms with Crippen molar-refractivity contribution in [3.63, 3.8) is 0 Å². The number of piperidine rings is 1. The van der Waals surface area contributed by atoms with Crippen molar-refractivity contribution in [1.82, 2.24) is 0 Å². The van der Waals surface area contributed by atoms with Gasteiger partial charge in [0.15, 0.2) is 0 Å². The predicted molar refractivity (Wildman–Crippen MR) is 80.1 cm³/mol. The molecule has 2 heterocycles. The molecular weight excluding hydrogens is 272 g/mol. The number of benzene rings is 1. The largest absolute Gasteiger partial charge is 0.390 e.